The van der Waals surface area contributed by atoms with Crippen LogP contribution in [0.15, 0.2) is 97.2 Å². The lowest BCUT2D eigenvalue weighted by atomic mass is 10.0. The summed E-state index contributed by atoms with van der Waals surface area (Å²) < 4.78 is 16.9. The molecule has 6 nitrogen and oxygen atoms in total. The Morgan fingerprint density at radius 2 is 0.513 bits per heavy atom. The average Bonchev–Trinajstić information content (AvgIpc) is 3.42. The summed E-state index contributed by atoms with van der Waals surface area (Å²) in [5, 5.41) is 0. The first-order valence-electron chi connectivity index (χ1n) is 32.2. The third-order valence-corrected chi connectivity index (χ3v) is 13.8. The summed E-state index contributed by atoms with van der Waals surface area (Å²) in [7, 11) is 0. The lowest BCUT2D eigenvalue weighted by Crippen LogP contribution is -2.30. The number of hydrogen-bond donors (Lipinski definition) is 0. The van der Waals surface area contributed by atoms with E-state index in [9.17, 15) is 14.4 Å². The molecular formula is C70H120O6. The molecule has 0 aliphatic heterocycles. The average molecular weight is 1060 g/mol. The van der Waals surface area contributed by atoms with Gasteiger partial charge in [0.05, 0.1) is 0 Å². The van der Waals surface area contributed by atoms with Crippen LogP contribution in [0, 0.1) is 0 Å². The molecule has 0 saturated heterocycles. The van der Waals surface area contributed by atoms with E-state index in [4.69, 9.17) is 14.2 Å². The van der Waals surface area contributed by atoms with Crippen molar-refractivity contribution >= 4 is 17.9 Å². The van der Waals surface area contributed by atoms with E-state index < -0.39 is 6.10 Å². The molecule has 0 spiro atoms. The van der Waals surface area contributed by atoms with E-state index in [2.05, 4.69) is 118 Å². The van der Waals surface area contributed by atoms with E-state index in [0.717, 1.165) is 122 Å². The minimum atomic E-state index is -0.789. The van der Waals surface area contributed by atoms with Crippen LogP contribution in [0.3, 0.4) is 0 Å². The Labute approximate surface area is 470 Å². The summed E-state index contributed by atoms with van der Waals surface area (Å²) in [6.07, 6.45) is 85.4. The van der Waals surface area contributed by atoms with E-state index in [0.29, 0.717) is 19.3 Å². The van der Waals surface area contributed by atoms with Crippen LogP contribution in [-0.2, 0) is 28.6 Å². The Morgan fingerprint density at radius 3 is 0.816 bits per heavy atom. The third kappa shape index (κ3) is 61.2. The number of unbranched alkanes of at least 4 members (excludes halogenated alkanes) is 31. The zero-order chi connectivity index (χ0) is 55.0. The van der Waals surface area contributed by atoms with Crippen molar-refractivity contribution in [1.29, 1.82) is 0 Å². The quantitative estimate of drug-likeness (QED) is 0.0261. The van der Waals surface area contributed by atoms with E-state index in [1.165, 1.54) is 148 Å². The maximum atomic E-state index is 12.9. The van der Waals surface area contributed by atoms with Crippen LogP contribution in [0.5, 0.6) is 0 Å². The maximum absolute atomic E-state index is 12.9. The van der Waals surface area contributed by atoms with Gasteiger partial charge in [-0.25, -0.2) is 0 Å². The minimum absolute atomic E-state index is 0.0832. The molecule has 0 fully saturated rings. The maximum Gasteiger partial charge on any atom is 0.306 e. The molecule has 0 rings (SSSR count). The Balaban J connectivity index is 4.39. The molecule has 0 radical (unpaired) electrons. The van der Waals surface area contributed by atoms with E-state index in [1.54, 1.807) is 0 Å². The van der Waals surface area contributed by atoms with Crippen molar-refractivity contribution in [3.05, 3.63) is 97.2 Å². The zero-order valence-electron chi connectivity index (χ0n) is 50.0. The second kappa shape index (κ2) is 63.9. The van der Waals surface area contributed by atoms with Gasteiger partial charge in [-0.05, 0) is 103 Å². The first kappa shape index (κ1) is 72.3. The summed E-state index contributed by atoms with van der Waals surface area (Å²) in [6, 6.07) is 0. The van der Waals surface area contributed by atoms with Crippen molar-refractivity contribution in [2.24, 2.45) is 0 Å². The highest BCUT2D eigenvalue weighted by Gasteiger charge is 2.19. The van der Waals surface area contributed by atoms with Crippen molar-refractivity contribution < 1.29 is 28.6 Å². The number of esters is 3. The van der Waals surface area contributed by atoms with Crippen LogP contribution < -0.4 is 0 Å². The molecule has 0 aromatic carbocycles. The molecule has 0 heterocycles. The van der Waals surface area contributed by atoms with E-state index in [-0.39, 0.29) is 31.1 Å². The van der Waals surface area contributed by atoms with Gasteiger partial charge >= 0.3 is 17.9 Å². The second-order valence-electron chi connectivity index (χ2n) is 21.3. The molecule has 0 N–H and O–H groups in total. The monoisotopic (exact) mass is 1060 g/mol. The van der Waals surface area contributed by atoms with Crippen LogP contribution in [0.4, 0.5) is 0 Å². The van der Waals surface area contributed by atoms with Crippen molar-refractivity contribution in [2.45, 2.75) is 316 Å². The van der Waals surface area contributed by atoms with E-state index >= 15 is 0 Å². The van der Waals surface area contributed by atoms with Gasteiger partial charge in [0.15, 0.2) is 6.10 Å². The highest BCUT2D eigenvalue weighted by Crippen LogP contribution is 2.16. The Morgan fingerprint density at radius 1 is 0.276 bits per heavy atom. The fraction of sp³-hybridized carbons (Fsp3) is 0.729. The normalized spacial score (nSPS) is 12.7. The molecule has 76 heavy (non-hydrogen) atoms. The number of carbonyl (C=O) groups excluding carboxylic acids is 3. The molecule has 0 aromatic rings. The number of rotatable bonds is 58. The predicted molar refractivity (Wildman–Crippen MR) is 330 cm³/mol. The summed E-state index contributed by atoms with van der Waals surface area (Å²) >= 11 is 0. The van der Waals surface area contributed by atoms with Gasteiger partial charge in [0.1, 0.15) is 13.2 Å². The number of carbonyl (C=O) groups is 3. The topological polar surface area (TPSA) is 78.9 Å². The Kier molecular flexibility index (Phi) is 60.8. The van der Waals surface area contributed by atoms with Crippen LogP contribution in [0.2, 0.25) is 0 Å². The van der Waals surface area contributed by atoms with E-state index in [1.807, 2.05) is 0 Å². The van der Waals surface area contributed by atoms with Gasteiger partial charge in [-0.1, -0.05) is 285 Å². The van der Waals surface area contributed by atoms with Crippen LogP contribution in [-0.4, -0.2) is 37.2 Å². The Hall–Kier alpha value is -3.67. The summed E-state index contributed by atoms with van der Waals surface area (Å²) in [4.78, 5) is 38.3. The van der Waals surface area contributed by atoms with Crippen LogP contribution in [0.1, 0.15) is 310 Å². The largest absolute Gasteiger partial charge is 0.462 e. The van der Waals surface area contributed by atoms with Gasteiger partial charge in [0.25, 0.3) is 0 Å². The first-order chi connectivity index (χ1) is 37.5. The van der Waals surface area contributed by atoms with Gasteiger partial charge in [0.2, 0.25) is 0 Å². The fourth-order valence-corrected chi connectivity index (χ4v) is 9.01. The summed E-state index contributed by atoms with van der Waals surface area (Å²) in [6.45, 7) is 6.52. The van der Waals surface area contributed by atoms with Crippen LogP contribution >= 0.6 is 0 Å². The smallest absolute Gasteiger partial charge is 0.306 e. The molecule has 0 aliphatic rings. The summed E-state index contributed by atoms with van der Waals surface area (Å²) in [5.41, 5.74) is 0. The van der Waals surface area contributed by atoms with Gasteiger partial charge < -0.3 is 14.2 Å². The van der Waals surface area contributed by atoms with Crippen molar-refractivity contribution in [1.82, 2.24) is 0 Å². The number of hydrogen-bond acceptors (Lipinski definition) is 6. The molecule has 1 atom stereocenters. The number of allylic oxidation sites excluding steroid dienone is 16. The van der Waals surface area contributed by atoms with Crippen molar-refractivity contribution in [3.8, 4) is 0 Å². The first-order valence-corrected chi connectivity index (χ1v) is 32.2. The molecule has 436 valence electrons. The molecule has 0 amide bonds. The minimum Gasteiger partial charge on any atom is -0.462 e. The molecule has 0 saturated carbocycles. The van der Waals surface area contributed by atoms with Gasteiger partial charge in [-0.3, -0.25) is 14.4 Å². The third-order valence-electron chi connectivity index (χ3n) is 13.8. The molecule has 0 aliphatic carbocycles. The molecular weight excluding hydrogens is 937 g/mol. The van der Waals surface area contributed by atoms with Gasteiger partial charge in [0, 0.05) is 19.3 Å². The van der Waals surface area contributed by atoms with Crippen molar-refractivity contribution in [3.63, 3.8) is 0 Å². The Bertz CT molecular complexity index is 1490. The number of ether oxygens (including phenoxy) is 3. The molecule has 0 bridgehead atoms. The van der Waals surface area contributed by atoms with Crippen LogP contribution in [0.25, 0.3) is 0 Å². The van der Waals surface area contributed by atoms with Crippen molar-refractivity contribution in [2.75, 3.05) is 13.2 Å². The SMILES string of the molecule is CC/C=C\C/C=C\C/C=C\C/C=C\C/C=C\C/C=C\CCCCCCCCC(=O)OCC(COC(=O)CCCCCCCCCCCCCCCCC)OC(=O)CCCCCCCCC/C=C\C/C=C\CCCCCC. The van der Waals surface area contributed by atoms with Gasteiger partial charge in [-0.2, -0.15) is 0 Å². The molecule has 6 heteroatoms. The fourth-order valence-electron chi connectivity index (χ4n) is 9.01. The van der Waals surface area contributed by atoms with Gasteiger partial charge in [-0.15, -0.1) is 0 Å². The zero-order valence-corrected chi connectivity index (χ0v) is 50.0. The summed E-state index contributed by atoms with van der Waals surface area (Å²) in [5.74, 6) is -0.894. The molecule has 1 unspecified atom stereocenters. The molecule has 0 aromatic heterocycles. The second-order valence-corrected chi connectivity index (χ2v) is 21.3. The highest BCUT2D eigenvalue weighted by molar-refractivity contribution is 5.71. The highest BCUT2D eigenvalue weighted by atomic mass is 16.6. The predicted octanol–water partition coefficient (Wildman–Crippen LogP) is 22.0. The lowest BCUT2D eigenvalue weighted by molar-refractivity contribution is -0.167. The lowest BCUT2D eigenvalue weighted by Gasteiger charge is -2.18. The standard InChI is InChI=1S/C70H120O6/c1-4-7-10-13-16-19-22-25-28-30-32-33-34-35-36-37-38-40-42-45-48-51-54-57-60-63-69(72)75-66-67(65-74-68(71)62-59-56-53-50-47-44-41-27-24-21-18-15-12-9-6-3)76-70(73)64-61-58-55-52-49-46-43-39-31-29-26-23-20-17-14-11-8-5-2/h7,10,16,19-20,23,25,28-29,31-33,35-36,38,40,67H,4-6,8-9,11-15,17-18,21-22,24,26-27,30,34,37,39,41-66H2,1-3H3/b10-7-,19-16-,23-20-,28-25-,31-29-,33-32-,36-35-,40-38-.